The molecule has 1 saturated carbocycles. The van der Waals surface area contributed by atoms with Gasteiger partial charge in [-0.05, 0) is 30.6 Å². The van der Waals surface area contributed by atoms with Gasteiger partial charge in [0.15, 0.2) is 0 Å². The first-order valence-corrected chi connectivity index (χ1v) is 7.08. The number of carbonyl (C=O) groups excluding carboxylic acids is 3. The fourth-order valence-electron chi connectivity index (χ4n) is 3.93. The third kappa shape index (κ3) is 2.64. The Balaban J connectivity index is 2.19. The van der Waals surface area contributed by atoms with Gasteiger partial charge in [0.1, 0.15) is 5.54 Å². The summed E-state index contributed by atoms with van der Waals surface area (Å²) in [6.07, 6.45) is 2.35. The van der Waals surface area contributed by atoms with Crippen molar-refractivity contribution in [1.82, 2.24) is 10.2 Å². The van der Waals surface area contributed by atoms with E-state index in [4.69, 9.17) is 5.73 Å². The SMILES string of the molecule is CC1CC(C)(C)CC2(C1)NC(=O)N(CCC(N)=O)C2=O. The predicted octanol–water partition coefficient (Wildman–Crippen LogP) is 0.999. The van der Waals surface area contributed by atoms with Gasteiger partial charge in [-0.3, -0.25) is 14.5 Å². The highest BCUT2D eigenvalue weighted by molar-refractivity contribution is 6.07. The maximum Gasteiger partial charge on any atom is 0.325 e. The van der Waals surface area contributed by atoms with Crippen molar-refractivity contribution in [1.29, 1.82) is 0 Å². The molecule has 0 aromatic rings. The van der Waals surface area contributed by atoms with Crippen molar-refractivity contribution in [3.63, 3.8) is 0 Å². The summed E-state index contributed by atoms with van der Waals surface area (Å²) in [7, 11) is 0. The molecule has 0 aromatic carbocycles. The maximum atomic E-state index is 12.6. The van der Waals surface area contributed by atoms with Crippen molar-refractivity contribution in [3.8, 4) is 0 Å². The molecule has 2 unspecified atom stereocenters. The molecule has 4 amide bonds. The number of hydrogen-bond acceptors (Lipinski definition) is 3. The van der Waals surface area contributed by atoms with Crippen LogP contribution >= 0.6 is 0 Å². The molecule has 6 nitrogen and oxygen atoms in total. The Morgan fingerprint density at radius 3 is 2.60 bits per heavy atom. The van der Waals surface area contributed by atoms with Crippen LogP contribution in [-0.2, 0) is 9.59 Å². The van der Waals surface area contributed by atoms with Crippen molar-refractivity contribution in [2.45, 2.75) is 52.0 Å². The monoisotopic (exact) mass is 281 g/mol. The average molecular weight is 281 g/mol. The van der Waals surface area contributed by atoms with E-state index in [1.54, 1.807) is 0 Å². The van der Waals surface area contributed by atoms with E-state index in [1.807, 2.05) is 0 Å². The van der Waals surface area contributed by atoms with Crippen LogP contribution in [0.25, 0.3) is 0 Å². The number of nitrogens with one attached hydrogen (secondary N) is 1. The normalized spacial score (nSPS) is 32.5. The van der Waals surface area contributed by atoms with Crippen molar-refractivity contribution >= 4 is 17.8 Å². The molecule has 112 valence electrons. The fraction of sp³-hybridized carbons (Fsp3) is 0.786. The molecule has 0 radical (unpaired) electrons. The Morgan fingerprint density at radius 2 is 2.05 bits per heavy atom. The number of nitrogens with two attached hydrogens (primary N) is 1. The van der Waals surface area contributed by atoms with Crippen LogP contribution in [0.4, 0.5) is 4.79 Å². The van der Waals surface area contributed by atoms with Crippen LogP contribution in [0.1, 0.15) is 46.5 Å². The second kappa shape index (κ2) is 4.75. The predicted molar refractivity (Wildman–Crippen MR) is 73.6 cm³/mol. The summed E-state index contributed by atoms with van der Waals surface area (Å²) >= 11 is 0. The highest BCUT2D eigenvalue weighted by Gasteiger charge is 2.55. The first-order chi connectivity index (χ1) is 9.15. The largest absolute Gasteiger partial charge is 0.370 e. The van der Waals surface area contributed by atoms with Crippen LogP contribution in [-0.4, -0.2) is 34.8 Å². The van der Waals surface area contributed by atoms with Gasteiger partial charge in [-0.1, -0.05) is 20.8 Å². The van der Waals surface area contributed by atoms with Crippen molar-refractivity contribution < 1.29 is 14.4 Å². The zero-order valence-corrected chi connectivity index (χ0v) is 12.4. The summed E-state index contributed by atoms with van der Waals surface area (Å²) in [5, 5.41) is 2.86. The molecular formula is C14H23N3O3. The van der Waals surface area contributed by atoms with E-state index in [9.17, 15) is 14.4 Å². The molecule has 0 bridgehead atoms. The fourth-order valence-corrected chi connectivity index (χ4v) is 3.93. The molecule has 20 heavy (non-hydrogen) atoms. The Hall–Kier alpha value is -1.59. The van der Waals surface area contributed by atoms with Gasteiger partial charge in [0.25, 0.3) is 5.91 Å². The molecule has 1 spiro atoms. The van der Waals surface area contributed by atoms with E-state index < -0.39 is 17.5 Å². The molecule has 2 aliphatic rings. The van der Waals surface area contributed by atoms with E-state index in [1.165, 1.54) is 0 Å². The van der Waals surface area contributed by atoms with Crippen LogP contribution in [0, 0.1) is 11.3 Å². The van der Waals surface area contributed by atoms with Gasteiger partial charge in [0.05, 0.1) is 0 Å². The van der Waals surface area contributed by atoms with Crippen LogP contribution in [0.5, 0.6) is 0 Å². The maximum absolute atomic E-state index is 12.6. The summed E-state index contributed by atoms with van der Waals surface area (Å²) in [4.78, 5) is 36.6. The van der Waals surface area contributed by atoms with Gasteiger partial charge in [-0.25, -0.2) is 4.79 Å². The van der Waals surface area contributed by atoms with Crippen molar-refractivity contribution in [2.75, 3.05) is 6.54 Å². The van der Waals surface area contributed by atoms with Crippen LogP contribution < -0.4 is 11.1 Å². The Bertz CT molecular complexity index is 461. The molecular weight excluding hydrogens is 258 g/mol. The second-order valence-electron chi connectivity index (χ2n) is 7.04. The quantitative estimate of drug-likeness (QED) is 0.756. The van der Waals surface area contributed by atoms with Gasteiger partial charge in [-0.2, -0.15) is 0 Å². The lowest BCUT2D eigenvalue weighted by Gasteiger charge is -2.43. The van der Waals surface area contributed by atoms with E-state index in [0.717, 1.165) is 11.3 Å². The number of carbonyl (C=O) groups is 3. The standard InChI is InChI=1S/C14H23N3O3/c1-9-6-13(2,3)8-14(7-9)11(19)17(12(20)16-14)5-4-10(15)18/h9H,4-8H2,1-3H3,(H2,15,18)(H,16,20). The number of hydrogen-bond donors (Lipinski definition) is 2. The van der Waals surface area contributed by atoms with E-state index in [-0.39, 0.29) is 24.3 Å². The summed E-state index contributed by atoms with van der Waals surface area (Å²) in [6, 6.07) is -0.402. The number of nitrogens with zero attached hydrogens (tertiary/aromatic N) is 1. The summed E-state index contributed by atoms with van der Waals surface area (Å²) in [5.74, 6) is -0.341. The molecule has 0 aromatic heterocycles. The van der Waals surface area contributed by atoms with Gasteiger partial charge in [0, 0.05) is 13.0 Å². The minimum Gasteiger partial charge on any atom is -0.370 e. The van der Waals surface area contributed by atoms with Crippen LogP contribution in [0.3, 0.4) is 0 Å². The van der Waals surface area contributed by atoms with Crippen LogP contribution in [0.2, 0.25) is 0 Å². The van der Waals surface area contributed by atoms with E-state index in [0.29, 0.717) is 18.8 Å². The Kier molecular flexibility index (Phi) is 3.52. The number of urea groups is 1. The molecule has 2 rings (SSSR count). The highest BCUT2D eigenvalue weighted by Crippen LogP contribution is 2.46. The van der Waals surface area contributed by atoms with Gasteiger partial charge < -0.3 is 11.1 Å². The zero-order valence-electron chi connectivity index (χ0n) is 12.4. The molecule has 1 aliphatic heterocycles. The third-order valence-corrected chi connectivity index (χ3v) is 4.21. The van der Waals surface area contributed by atoms with Gasteiger partial charge >= 0.3 is 6.03 Å². The smallest absolute Gasteiger partial charge is 0.325 e. The first kappa shape index (κ1) is 14.8. The van der Waals surface area contributed by atoms with Gasteiger partial charge in [0.2, 0.25) is 5.91 Å². The topological polar surface area (TPSA) is 92.5 Å². The first-order valence-electron chi connectivity index (χ1n) is 7.08. The molecule has 1 heterocycles. The molecule has 2 fully saturated rings. The average Bonchev–Trinajstić information content (AvgIpc) is 2.44. The minimum absolute atomic E-state index is 0.00812. The number of rotatable bonds is 3. The third-order valence-electron chi connectivity index (χ3n) is 4.21. The van der Waals surface area contributed by atoms with Crippen molar-refractivity contribution in [2.24, 2.45) is 17.1 Å². The molecule has 6 heteroatoms. The Labute approximate surface area is 119 Å². The van der Waals surface area contributed by atoms with Gasteiger partial charge in [-0.15, -0.1) is 0 Å². The van der Waals surface area contributed by atoms with E-state index in [2.05, 4.69) is 26.1 Å². The molecule has 1 aliphatic carbocycles. The minimum atomic E-state index is -0.796. The van der Waals surface area contributed by atoms with E-state index >= 15 is 0 Å². The highest BCUT2D eigenvalue weighted by atomic mass is 16.2. The lowest BCUT2D eigenvalue weighted by molar-refractivity contribution is -0.135. The zero-order chi connectivity index (χ0) is 15.1. The summed E-state index contributed by atoms with van der Waals surface area (Å²) < 4.78 is 0. The summed E-state index contributed by atoms with van der Waals surface area (Å²) in [6.45, 7) is 6.41. The van der Waals surface area contributed by atoms with Crippen LogP contribution in [0.15, 0.2) is 0 Å². The lowest BCUT2D eigenvalue weighted by atomic mass is 9.64. The number of primary amides is 1. The van der Waals surface area contributed by atoms with Crippen molar-refractivity contribution in [3.05, 3.63) is 0 Å². The second-order valence-corrected chi connectivity index (χ2v) is 7.04. The Morgan fingerprint density at radius 1 is 1.40 bits per heavy atom. The number of imide groups is 1. The lowest BCUT2D eigenvalue weighted by Crippen LogP contribution is -2.54. The summed E-state index contributed by atoms with van der Waals surface area (Å²) in [5.41, 5.74) is 4.31. The molecule has 3 N–H and O–H groups in total. The molecule has 1 saturated heterocycles. The number of amides is 4. The molecule has 2 atom stereocenters.